The molecular weight excluding hydrogens is 159 g/mol. The van der Waals surface area contributed by atoms with Crippen LogP contribution in [0.2, 0.25) is 0 Å². The van der Waals surface area contributed by atoms with Crippen LogP contribution in [0.4, 0.5) is 10.1 Å². The zero-order chi connectivity index (χ0) is 8.97. The number of hydrogen-bond donors (Lipinski definition) is 1. The fourth-order valence-electron chi connectivity index (χ4n) is 0.769. The number of nitrogens with zero attached hydrogens (tertiary/aromatic N) is 1. The molecule has 0 aliphatic rings. The third-order valence-electron chi connectivity index (χ3n) is 1.31. The van der Waals surface area contributed by atoms with Crippen LogP contribution >= 0.6 is 0 Å². The number of halogens is 1. The zero-order valence-electron chi connectivity index (χ0n) is 6.04. The molecule has 1 aromatic carbocycles. The Kier molecular flexibility index (Phi) is 2.38. The Morgan fingerprint density at radius 1 is 1.58 bits per heavy atom. The molecule has 0 heterocycles. The summed E-state index contributed by atoms with van der Waals surface area (Å²) in [5, 5.41) is 10.6. The van der Waals surface area contributed by atoms with Crippen molar-refractivity contribution in [3.05, 3.63) is 29.6 Å². The highest BCUT2D eigenvalue weighted by Gasteiger charge is 2.01. The first-order valence-electron chi connectivity index (χ1n) is 3.18. The molecule has 0 bridgehead atoms. The molecule has 0 radical (unpaired) electrons. The molecule has 0 aromatic heterocycles. The maximum Gasteiger partial charge on any atom is 0.211 e. The molecule has 4 heteroatoms. The smallest absolute Gasteiger partial charge is 0.211 e. The van der Waals surface area contributed by atoms with E-state index in [4.69, 9.17) is 5.26 Å². The van der Waals surface area contributed by atoms with E-state index in [0.29, 0.717) is 12.0 Å². The summed E-state index contributed by atoms with van der Waals surface area (Å²) in [5.74, 6) is -0.555. The van der Waals surface area contributed by atoms with Crippen LogP contribution < -0.4 is 5.32 Å². The fraction of sp³-hybridized carbons (Fsp3) is 0. The maximum absolute atomic E-state index is 12.8. The van der Waals surface area contributed by atoms with Gasteiger partial charge in [-0.25, -0.2) is 4.39 Å². The van der Waals surface area contributed by atoms with Gasteiger partial charge in [0, 0.05) is 0 Å². The third kappa shape index (κ3) is 1.58. The van der Waals surface area contributed by atoms with E-state index < -0.39 is 5.82 Å². The minimum absolute atomic E-state index is 0.0176. The maximum atomic E-state index is 12.8. The summed E-state index contributed by atoms with van der Waals surface area (Å²) in [5.41, 5.74) is 0.324. The van der Waals surface area contributed by atoms with E-state index in [1.54, 1.807) is 0 Å². The molecule has 0 saturated heterocycles. The number of rotatable bonds is 2. The van der Waals surface area contributed by atoms with Gasteiger partial charge in [0.25, 0.3) is 0 Å². The lowest BCUT2D eigenvalue weighted by Crippen LogP contribution is -1.97. The first-order valence-corrected chi connectivity index (χ1v) is 3.18. The second-order valence-corrected chi connectivity index (χ2v) is 2.07. The number of nitrogens with one attached hydrogen (secondary N) is 1. The molecule has 0 unspecified atom stereocenters. The number of carbonyl (C=O) groups excluding carboxylic acids is 1. The van der Waals surface area contributed by atoms with Crippen LogP contribution in [0.15, 0.2) is 18.2 Å². The third-order valence-corrected chi connectivity index (χ3v) is 1.31. The second-order valence-electron chi connectivity index (χ2n) is 2.07. The normalized spacial score (nSPS) is 8.67. The molecule has 1 rings (SSSR count). The Bertz CT molecular complexity index is 343. The number of nitriles is 1. The molecule has 1 amide bonds. The van der Waals surface area contributed by atoms with Crippen molar-refractivity contribution >= 4 is 12.1 Å². The van der Waals surface area contributed by atoms with Gasteiger partial charge < -0.3 is 5.32 Å². The van der Waals surface area contributed by atoms with Crippen LogP contribution in [0.5, 0.6) is 0 Å². The van der Waals surface area contributed by atoms with Crippen molar-refractivity contribution in [2.75, 3.05) is 5.32 Å². The lowest BCUT2D eigenvalue weighted by molar-refractivity contribution is -0.105. The van der Waals surface area contributed by atoms with Gasteiger partial charge in [-0.1, -0.05) is 0 Å². The van der Waals surface area contributed by atoms with E-state index in [0.717, 1.165) is 6.07 Å². The highest BCUT2D eigenvalue weighted by molar-refractivity contribution is 5.72. The van der Waals surface area contributed by atoms with Gasteiger partial charge in [-0.05, 0) is 18.2 Å². The predicted octanol–water partition coefficient (Wildman–Crippen LogP) is 1.27. The summed E-state index contributed by atoms with van der Waals surface area (Å²) in [6, 6.07) is 5.57. The van der Waals surface area contributed by atoms with E-state index in [9.17, 15) is 9.18 Å². The van der Waals surface area contributed by atoms with Crippen LogP contribution in [0.25, 0.3) is 0 Å². The Balaban J connectivity index is 3.09. The lowest BCUT2D eigenvalue weighted by atomic mass is 10.2. The van der Waals surface area contributed by atoms with E-state index in [1.807, 2.05) is 6.07 Å². The average Bonchev–Trinajstić information content (AvgIpc) is 2.09. The quantitative estimate of drug-likeness (QED) is 0.669. The van der Waals surface area contributed by atoms with Crippen LogP contribution in [-0.2, 0) is 4.79 Å². The number of carbonyl (C=O) groups is 1. The fourth-order valence-corrected chi connectivity index (χ4v) is 0.769. The summed E-state index contributed by atoms with van der Waals surface area (Å²) < 4.78 is 12.8. The second kappa shape index (κ2) is 3.49. The molecule has 0 saturated carbocycles. The molecule has 12 heavy (non-hydrogen) atoms. The predicted molar refractivity (Wildman–Crippen MR) is 40.8 cm³/mol. The highest BCUT2D eigenvalue weighted by atomic mass is 19.1. The van der Waals surface area contributed by atoms with Crippen molar-refractivity contribution in [3.8, 4) is 6.07 Å². The minimum atomic E-state index is -0.555. The Hall–Kier alpha value is -1.89. The van der Waals surface area contributed by atoms with E-state index in [1.165, 1.54) is 12.1 Å². The van der Waals surface area contributed by atoms with Crippen molar-refractivity contribution in [2.45, 2.75) is 0 Å². The number of hydrogen-bond acceptors (Lipinski definition) is 2. The summed E-state index contributed by atoms with van der Waals surface area (Å²) in [6.45, 7) is 0. The van der Waals surface area contributed by atoms with Crippen molar-refractivity contribution in [3.63, 3.8) is 0 Å². The molecule has 0 spiro atoms. The number of benzene rings is 1. The first-order chi connectivity index (χ1) is 5.77. The summed E-state index contributed by atoms with van der Waals surface area (Å²) in [6.07, 6.45) is 0.361. The van der Waals surface area contributed by atoms with E-state index >= 15 is 0 Å². The molecule has 0 fully saturated rings. The topological polar surface area (TPSA) is 52.9 Å². The Labute approximate surface area is 68.4 Å². The summed E-state index contributed by atoms with van der Waals surface area (Å²) >= 11 is 0. The number of amides is 1. The van der Waals surface area contributed by atoms with Crippen molar-refractivity contribution in [1.82, 2.24) is 0 Å². The SMILES string of the molecule is N#Cc1ccc(F)c(NC=O)c1. The molecule has 60 valence electrons. The lowest BCUT2D eigenvalue weighted by Gasteiger charge is -1.99. The van der Waals surface area contributed by atoms with Crippen LogP contribution in [0.1, 0.15) is 5.56 Å². The Morgan fingerprint density at radius 3 is 2.92 bits per heavy atom. The molecule has 3 nitrogen and oxygen atoms in total. The molecule has 1 aromatic rings. The molecule has 0 aliphatic carbocycles. The van der Waals surface area contributed by atoms with Gasteiger partial charge in [-0.3, -0.25) is 4.79 Å². The monoisotopic (exact) mass is 164 g/mol. The largest absolute Gasteiger partial charge is 0.326 e. The van der Waals surface area contributed by atoms with Crippen molar-refractivity contribution in [2.24, 2.45) is 0 Å². The molecule has 1 N–H and O–H groups in total. The van der Waals surface area contributed by atoms with Gasteiger partial charge in [-0.15, -0.1) is 0 Å². The molecular formula is C8H5FN2O. The first kappa shape index (κ1) is 8.21. The standard InChI is InChI=1S/C8H5FN2O/c9-7-2-1-6(4-10)3-8(7)11-5-12/h1-3,5H,(H,11,12). The Morgan fingerprint density at radius 2 is 2.33 bits per heavy atom. The van der Waals surface area contributed by atoms with Gasteiger partial charge in [0.15, 0.2) is 0 Å². The van der Waals surface area contributed by atoms with Crippen LogP contribution in [0.3, 0.4) is 0 Å². The summed E-state index contributed by atoms with van der Waals surface area (Å²) in [7, 11) is 0. The zero-order valence-corrected chi connectivity index (χ0v) is 6.04. The van der Waals surface area contributed by atoms with Crippen molar-refractivity contribution < 1.29 is 9.18 Å². The van der Waals surface area contributed by atoms with E-state index in [-0.39, 0.29) is 5.69 Å². The van der Waals surface area contributed by atoms with Gasteiger partial charge in [-0.2, -0.15) is 5.26 Å². The van der Waals surface area contributed by atoms with Gasteiger partial charge >= 0.3 is 0 Å². The van der Waals surface area contributed by atoms with Crippen LogP contribution in [-0.4, -0.2) is 6.41 Å². The van der Waals surface area contributed by atoms with Crippen LogP contribution in [0, 0.1) is 17.1 Å². The average molecular weight is 164 g/mol. The van der Waals surface area contributed by atoms with Gasteiger partial charge in [0.1, 0.15) is 5.82 Å². The van der Waals surface area contributed by atoms with Gasteiger partial charge in [0.2, 0.25) is 6.41 Å². The minimum Gasteiger partial charge on any atom is -0.326 e. The van der Waals surface area contributed by atoms with Crippen molar-refractivity contribution in [1.29, 1.82) is 5.26 Å². The highest BCUT2D eigenvalue weighted by Crippen LogP contribution is 2.14. The summed E-state index contributed by atoms with van der Waals surface area (Å²) in [4.78, 5) is 9.97. The number of anilines is 1. The molecule has 0 aliphatic heterocycles. The molecule has 0 atom stereocenters. The van der Waals surface area contributed by atoms with Gasteiger partial charge in [0.05, 0.1) is 17.3 Å². The van der Waals surface area contributed by atoms with E-state index in [2.05, 4.69) is 5.32 Å².